The van der Waals surface area contributed by atoms with Crippen LogP contribution in [0, 0.1) is 0 Å². The molecule has 1 aliphatic heterocycles. The number of hydrogen-bond acceptors (Lipinski definition) is 4. The van der Waals surface area contributed by atoms with Gasteiger partial charge in [0.25, 0.3) is 11.8 Å². The topological polar surface area (TPSA) is 77.9 Å². The zero-order valence-electron chi connectivity index (χ0n) is 10.5. The molecule has 19 heavy (non-hydrogen) atoms. The summed E-state index contributed by atoms with van der Waals surface area (Å²) in [5.74, 6) is -1.57. The number of carboxylic acid groups (broad SMARTS) is 1. The van der Waals surface area contributed by atoms with Gasteiger partial charge in [-0.3, -0.25) is 24.2 Å². The third-order valence-corrected chi connectivity index (χ3v) is 2.99. The number of carbonyl (C=O) groups is 3. The summed E-state index contributed by atoms with van der Waals surface area (Å²) in [5.41, 5.74) is 0.821. The van der Waals surface area contributed by atoms with Crippen molar-refractivity contribution in [2.24, 2.45) is 0 Å². The van der Waals surface area contributed by atoms with Crippen molar-refractivity contribution < 1.29 is 19.5 Å². The number of amides is 2. The van der Waals surface area contributed by atoms with Gasteiger partial charge in [-0.15, -0.1) is 0 Å². The molecule has 0 saturated heterocycles. The highest BCUT2D eigenvalue weighted by Gasteiger charge is 2.34. The molecule has 0 unspecified atom stereocenters. The largest absolute Gasteiger partial charge is 0.480 e. The predicted molar refractivity (Wildman–Crippen MR) is 66.9 cm³/mol. The molecular weight excluding hydrogens is 248 g/mol. The first-order valence-corrected chi connectivity index (χ1v) is 5.86. The quantitative estimate of drug-likeness (QED) is 0.772. The van der Waals surface area contributed by atoms with Gasteiger partial charge in [-0.1, -0.05) is 12.1 Å². The fourth-order valence-electron chi connectivity index (χ4n) is 2.02. The van der Waals surface area contributed by atoms with E-state index in [1.54, 1.807) is 36.2 Å². The first kappa shape index (κ1) is 13.2. The molecule has 0 atom stereocenters. The van der Waals surface area contributed by atoms with Crippen LogP contribution in [0.2, 0.25) is 0 Å². The smallest absolute Gasteiger partial charge is 0.317 e. The minimum Gasteiger partial charge on any atom is -0.480 e. The Kier molecular flexibility index (Phi) is 3.62. The number of likely N-dealkylation sites (N-methyl/N-ethyl adjacent to an activating group) is 1. The zero-order valence-corrected chi connectivity index (χ0v) is 10.5. The number of hydrogen-bond donors (Lipinski definition) is 1. The van der Waals surface area contributed by atoms with E-state index in [9.17, 15) is 14.4 Å². The van der Waals surface area contributed by atoms with Crippen LogP contribution in [-0.4, -0.2) is 59.4 Å². The van der Waals surface area contributed by atoms with Gasteiger partial charge < -0.3 is 5.11 Å². The van der Waals surface area contributed by atoms with Crippen molar-refractivity contribution in [2.45, 2.75) is 0 Å². The van der Waals surface area contributed by atoms with Gasteiger partial charge in [-0.25, -0.2) is 0 Å². The van der Waals surface area contributed by atoms with Crippen molar-refractivity contribution in [3.8, 4) is 0 Å². The van der Waals surface area contributed by atoms with Crippen LogP contribution in [0.5, 0.6) is 0 Å². The van der Waals surface area contributed by atoms with Crippen molar-refractivity contribution in [1.82, 2.24) is 9.80 Å². The fraction of sp³-hybridized carbons (Fsp3) is 0.308. The third kappa shape index (κ3) is 2.63. The minimum absolute atomic E-state index is 0.122. The fourth-order valence-corrected chi connectivity index (χ4v) is 2.02. The van der Waals surface area contributed by atoms with Gasteiger partial charge in [0.05, 0.1) is 17.7 Å². The number of imide groups is 1. The normalized spacial score (nSPS) is 14.1. The Morgan fingerprint density at radius 3 is 2.21 bits per heavy atom. The van der Waals surface area contributed by atoms with E-state index in [-0.39, 0.29) is 24.9 Å². The molecule has 0 aliphatic carbocycles. The highest BCUT2D eigenvalue weighted by Crippen LogP contribution is 2.21. The monoisotopic (exact) mass is 262 g/mol. The molecule has 0 radical (unpaired) electrons. The number of fused-ring (bicyclic) bond motifs is 1. The average molecular weight is 262 g/mol. The molecule has 2 amide bonds. The van der Waals surface area contributed by atoms with E-state index in [2.05, 4.69) is 0 Å². The first-order valence-electron chi connectivity index (χ1n) is 5.86. The van der Waals surface area contributed by atoms with Crippen LogP contribution >= 0.6 is 0 Å². The Morgan fingerprint density at radius 1 is 1.21 bits per heavy atom. The summed E-state index contributed by atoms with van der Waals surface area (Å²) in [6.45, 7) is 0.400. The maximum Gasteiger partial charge on any atom is 0.317 e. The Labute approximate surface area is 110 Å². The lowest BCUT2D eigenvalue weighted by Gasteiger charge is -2.18. The number of benzene rings is 1. The molecule has 6 nitrogen and oxygen atoms in total. The molecule has 2 rings (SSSR count). The molecule has 1 N–H and O–H groups in total. The number of aliphatic carboxylic acids is 1. The summed E-state index contributed by atoms with van der Waals surface area (Å²) in [6.07, 6.45) is 0. The number of carbonyl (C=O) groups excluding carboxylic acids is 2. The van der Waals surface area contributed by atoms with Gasteiger partial charge >= 0.3 is 5.97 Å². The second-order valence-corrected chi connectivity index (χ2v) is 4.44. The lowest BCUT2D eigenvalue weighted by Crippen LogP contribution is -2.38. The molecular formula is C13H14N2O4. The Bertz CT molecular complexity index is 506. The lowest BCUT2D eigenvalue weighted by molar-refractivity contribution is -0.137. The van der Waals surface area contributed by atoms with Crippen molar-refractivity contribution in [1.29, 1.82) is 0 Å². The molecule has 6 heteroatoms. The zero-order chi connectivity index (χ0) is 14.0. The van der Waals surface area contributed by atoms with Crippen molar-refractivity contribution in [3.05, 3.63) is 35.4 Å². The van der Waals surface area contributed by atoms with Crippen LogP contribution in [0.3, 0.4) is 0 Å². The summed E-state index contributed by atoms with van der Waals surface area (Å²) in [5, 5.41) is 8.63. The van der Waals surface area contributed by atoms with E-state index in [1.807, 2.05) is 0 Å². The van der Waals surface area contributed by atoms with Crippen LogP contribution < -0.4 is 0 Å². The molecule has 1 heterocycles. The maximum absolute atomic E-state index is 12.0. The maximum atomic E-state index is 12.0. The standard InChI is InChI=1S/C13H14N2O4/c1-14(8-11(16)17)6-7-15-12(18)9-4-2-3-5-10(9)13(15)19/h2-5H,6-8H2,1H3,(H,16,17). The first-order chi connectivity index (χ1) is 9.00. The Balaban J connectivity index is 2.02. The van der Waals surface area contributed by atoms with Gasteiger partial charge in [0, 0.05) is 13.1 Å². The van der Waals surface area contributed by atoms with Crippen molar-refractivity contribution >= 4 is 17.8 Å². The van der Waals surface area contributed by atoms with E-state index in [0.29, 0.717) is 17.7 Å². The van der Waals surface area contributed by atoms with E-state index < -0.39 is 5.97 Å². The lowest BCUT2D eigenvalue weighted by atomic mass is 10.1. The minimum atomic E-state index is -0.940. The predicted octanol–water partition coefficient (Wildman–Crippen LogP) is 0.299. The van der Waals surface area contributed by atoms with Gasteiger partial charge in [0.1, 0.15) is 0 Å². The number of rotatable bonds is 5. The third-order valence-electron chi connectivity index (χ3n) is 2.99. The van der Waals surface area contributed by atoms with Crippen molar-refractivity contribution in [2.75, 3.05) is 26.7 Å². The number of carboxylic acids is 1. The molecule has 0 bridgehead atoms. The highest BCUT2D eigenvalue weighted by molar-refractivity contribution is 6.21. The molecule has 1 aromatic carbocycles. The highest BCUT2D eigenvalue weighted by atomic mass is 16.4. The van der Waals surface area contributed by atoms with Crippen LogP contribution in [0.4, 0.5) is 0 Å². The molecule has 0 aromatic heterocycles. The Morgan fingerprint density at radius 2 is 1.74 bits per heavy atom. The summed E-state index contributed by atoms with van der Waals surface area (Å²) < 4.78 is 0. The van der Waals surface area contributed by atoms with Gasteiger partial charge in [-0.05, 0) is 19.2 Å². The summed E-state index contributed by atoms with van der Waals surface area (Å²) >= 11 is 0. The molecule has 0 fully saturated rings. The summed E-state index contributed by atoms with van der Waals surface area (Å²) in [4.78, 5) is 37.3. The van der Waals surface area contributed by atoms with Gasteiger partial charge in [0.2, 0.25) is 0 Å². The average Bonchev–Trinajstić information content (AvgIpc) is 2.60. The molecule has 0 saturated carbocycles. The van der Waals surface area contributed by atoms with Crippen LogP contribution in [0.25, 0.3) is 0 Å². The second kappa shape index (κ2) is 5.19. The SMILES string of the molecule is CN(CCN1C(=O)c2ccccc2C1=O)CC(=O)O. The van der Waals surface area contributed by atoms with Crippen molar-refractivity contribution in [3.63, 3.8) is 0 Å². The van der Waals surface area contributed by atoms with Gasteiger partial charge in [0.15, 0.2) is 0 Å². The Hall–Kier alpha value is -2.21. The summed E-state index contributed by atoms with van der Waals surface area (Å²) in [6, 6.07) is 6.67. The molecule has 1 aliphatic rings. The summed E-state index contributed by atoms with van der Waals surface area (Å²) in [7, 11) is 1.63. The number of nitrogens with zero attached hydrogens (tertiary/aromatic N) is 2. The molecule has 0 spiro atoms. The molecule has 100 valence electrons. The van der Waals surface area contributed by atoms with E-state index in [4.69, 9.17) is 5.11 Å². The van der Waals surface area contributed by atoms with Crippen LogP contribution in [0.1, 0.15) is 20.7 Å². The van der Waals surface area contributed by atoms with E-state index >= 15 is 0 Å². The van der Waals surface area contributed by atoms with E-state index in [0.717, 1.165) is 4.90 Å². The van der Waals surface area contributed by atoms with Gasteiger partial charge in [-0.2, -0.15) is 0 Å². The van der Waals surface area contributed by atoms with Crippen LogP contribution in [0.15, 0.2) is 24.3 Å². The second-order valence-electron chi connectivity index (χ2n) is 4.44. The van der Waals surface area contributed by atoms with E-state index in [1.165, 1.54) is 0 Å². The molecule has 1 aromatic rings. The van der Waals surface area contributed by atoms with Crippen LogP contribution in [-0.2, 0) is 4.79 Å².